The van der Waals surface area contributed by atoms with Crippen LogP contribution in [0.15, 0.2) is 0 Å². The summed E-state index contributed by atoms with van der Waals surface area (Å²) in [6.07, 6.45) is 1.68. The summed E-state index contributed by atoms with van der Waals surface area (Å²) >= 11 is 0. The van der Waals surface area contributed by atoms with E-state index in [1.165, 1.54) is 0 Å². The van der Waals surface area contributed by atoms with Gasteiger partial charge in [-0.05, 0) is 0 Å². The van der Waals surface area contributed by atoms with Crippen LogP contribution >= 0.6 is 0 Å². The Morgan fingerprint density at radius 2 is 1.39 bits per heavy atom. The van der Waals surface area contributed by atoms with Gasteiger partial charge in [-0.25, -0.2) is 0 Å². The molecule has 7 nitrogen and oxygen atoms in total. The van der Waals surface area contributed by atoms with Crippen LogP contribution < -0.4 is 0 Å². The molecule has 0 aromatic rings. The second-order valence-electron chi connectivity index (χ2n) is 8.28. The normalized spacial score (nSPS) is 49.3. The lowest BCUT2D eigenvalue weighted by molar-refractivity contribution is -0.301. The SMILES string of the molecule is O=C(CN1CCOCC1)OC12CC3(O)CC(O)(CC(O)(C3)C1)C2. The average Bonchev–Trinajstić information content (AvgIpc) is 2.32. The summed E-state index contributed by atoms with van der Waals surface area (Å²) in [4.78, 5) is 14.3. The molecule has 5 fully saturated rings. The number of carbonyl (C=O) groups is 1. The second kappa shape index (κ2) is 4.89. The van der Waals surface area contributed by atoms with Crippen LogP contribution in [0.2, 0.25) is 0 Å². The van der Waals surface area contributed by atoms with Gasteiger partial charge in [0, 0.05) is 51.6 Å². The summed E-state index contributed by atoms with van der Waals surface area (Å²) in [5, 5.41) is 32.1. The van der Waals surface area contributed by atoms with E-state index in [1.807, 2.05) is 4.90 Å². The molecule has 0 radical (unpaired) electrons. The van der Waals surface area contributed by atoms with Crippen LogP contribution in [0.25, 0.3) is 0 Å². The molecule has 0 amide bonds. The largest absolute Gasteiger partial charge is 0.458 e. The molecule has 23 heavy (non-hydrogen) atoms. The van der Waals surface area contributed by atoms with Crippen molar-refractivity contribution in [2.45, 2.75) is 60.9 Å². The van der Waals surface area contributed by atoms with Crippen molar-refractivity contribution in [3.63, 3.8) is 0 Å². The fourth-order valence-corrected chi connectivity index (χ4v) is 5.71. The van der Waals surface area contributed by atoms with Gasteiger partial charge in [0.05, 0.1) is 36.6 Å². The first kappa shape index (κ1) is 15.8. The molecular formula is C16H25NO6. The Morgan fingerprint density at radius 3 is 1.87 bits per heavy atom. The zero-order valence-electron chi connectivity index (χ0n) is 13.3. The standard InChI is InChI=1S/C16H25NO6/c18-12(5-17-1-3-22-4-2-17)23-16-9-13(19)6-14(20,10-16)8-15(21,7-13)11-16/h19-21H,1-11H2. The molecule has 0 aromatic carbocycles. The van der Waals surface area contributed by atoms with Crippen molar-refractivity contribution in [3.05, 3.63) is 0 Å². The van der Waals surface area contributed by atoms with Crippen molar-refractivity contribution in [2.24, 2.45) is 0 Å². The van der Waals surface area contributed by atoms with E-state index in [1.54, 1.807) is 0 Å². The molecule has 4 bridgehead atoms. The fraction of sp³-hybridized carbons (Fsp3) is 0.938. The fourth-order valence-electron chi connectivity index (χ4n) is 5.71. The molecular weight excluding hydrogens is 302 g/mol. The maximum atomic E-state index is 12.4. The molecule has 5 aliphatic rings. The lowest BCUT2D eigenvalue weighted by Crippen LogP contribution is -2.72. The number of carbonyl (C=O) groups excluding carboxylic acids is 1. The van der Waals surface area contributed by atoms with Gasteiger partial charge in [0.1, 0.15) is 5.60 Å². The topological polar surface area (TPSA) is 99.5 Å². The van der Waals surface area contributed by atoms with Crippen LogP contribution in [0, 0.1) is 0 Å². The van der Waals surface area contributed by atoms with E-state index < -0.39 is 22.4 Å². The van der Waals surface area contributed by atoms with Crippen molar-refractivity contribution in [1.29, 1.82) is 0 Å². The quantitative estimate of drug-likeness (QED) is 0.582. The van der Waals surface area contributed by atoms with E-state index in [2.05, 4.69) is 0 Å². The predicted octanol–water partition coefficient (Wildman–Crippen LogP) is -0.825. The van der Waals surface area contributed by atoms with Gasteiger partial charge in [-0.15, -0.1) is 0 Å². The molecule has 1 heterocycles. The Balaban J connectivity index is 1.48. The predicted molar refractivity (Wildman–Crippen MR) is 78.6 cm³/mol. The van der Waals surface area contributed by atoms with E-state index >= 15 is 0 Å². The van der Waals surface area contributed by atoms with Crippen LogP contribution in [-0.2, 0) is 14.3 Å². The molecule has 4 aliphatic carbocycles. The Morgan fingerprint density at radius 1 is 0.913 bits per heavy atom. The van der Waals surface area contributed by atoms with Crippen LogP contribution in [0.5, 0.6) is 0 Å². The summed E-state index contributed by atoms with van der Waals surface area (Å²) in [6.45, 7) is 2.79. The molecule has 7 heteroatoms. The maximum absolute atomic E-state index is 12.4. The number of nitrogens with zero attached hydrogens (tertiary/aromatic N) is 1. The van der Waals surface area contributed by atoms with Crippen molar-refractivity contribution >= 4 is 5.97 Å². The van der Waals surface area contributed by atoms with Crippen LogP contribution in [-0.4, -0.2) is 81.4 Å². The first-order valence-electron chi connectivity index (χ1n) is 8.41. The van der Waals surface area contributed by atoms with Crippen molar-refractivity contribution < 1.29 is 29.6 Å². The highest BCUT2D eigenvalue weighted by Gasteiger charge is 2.69. The molecule has 5 rings (SSSR count). The van der Waals surface area contributed by atoms with E-state index in [0.29, 0.717) is 45.6 Å². The molecule has 1 saturated heterocycles. The zero-order valence-corrected chi connectivity index (χ0v) is 13.3. The van der Waals surface area contributed by atoms with Gasteiger partial charge < -0.3 is 24.8 Å². The smallest absolute Gasteiger partial charge is 0.320 e. The molecule has 0 spiro atoms. The molecule has 1 aliphatic heterocycles. The zero-order chi connectivity index (χ0) is 16.3. The van der Waals surface area contributed by atoms with Crippen molar-refractivity contribution in [1.82, 2.24) is 4.90 Å². The van der Waals surface area contributed by atoms with Gasteiger partial charge in [0.15, 0.2) is 0 Å². The third kappa shape index (κ3) is 2.89. The number of morpholine rings is 1. The second-order valence-corrected chi connectivity index (χ2v) is 8.28. The number of esters is 1. The number of aliphatic hydroxyl groups is 3. The Hall–Kier alpha value is -0.730. The number of rotatable bonds is 3. The third-order valence-electron chi connectivity index (χ3n) is 5.71. The monoisotopic (exact) mass is 327 g/mol. The lowest BCUT2D eigenvalue weighted by atomic mass is 9.48. The van der Waals surface area contributed by atoms with Gasteiger partial charge in [0.25, 0.3) is 0 Å². The highest BCUT2D eigenvalue weighted by molar-refractivity contribution is 5.72. The van der Waals surface area contributed by atoms with Gasteiger partial charge in [-0.1, -0.05) is 0 Å². The van der Waals surface area contributed by atoms with Crippen LogP contribution in [0.1, 0.15) is 38.5 Å². The van der Waals surface area contributed by atoms with E-state index in [-0.39, 0.29) is 31.8 Å². The molecule has 130 valence electrons. The minimum absolute atomic E-state index is 0.181. The average molecular weight is 327 g/mol. The molecule has 0 aromatic heterocycles. The van der Waals surface area contributed by atoms with Crippen molar-refractivity contribution in [2.75, 3.05) is 32.8 Å². The number of ether oxygens (including phenoxy) is 2. The van der Waals surface area contributed by atoms with Crippen molar-refractivity contribution in [3.8, 4) is 0 Å². The van der Waals surface area contributed by atoms with Gasteiger partial charge >= 0.3 is 5.97 Å². The minimum Gasteiger partial charge on any atom is -0.458 e. The van der Waals surface area contributed by atoms with Gasteiger partial charge in [0.2, 0.25) is 0 Å². The highest BCUT2D eigenvalue weighted by Crippen LogP contribution is 2.62. The Kier molecular flexibility index (Phi) is 3.36. The van der Waals surface area contributed by atoms with E-state index in [0.717, 1.165) is 0 Å². The lowest BCUT2D eigenvalue weighted by Gasteiger charge is -2.65. The maximum Gasteiger partial charge on any atom is 0.320 e. The first-order chi connectivity index (χ1) is 10.7. The molecule has 0 atom stereocenters. The summed E-state index contributed by atoms with van der Waals surface area (Å²) in [5.74, 6) is -0.357. The minimum atomic E-state index is -1.14. The Labute approximate surface area is 135 Å². The first-order valence-corrected chi connectivity index (χ1v) is 8.41. The molecule has 3 N–H and O–H groups in total. The highest BCUT2D eigenvalue weighted by atomic mass is 16.6. The third-order valence-corrected chi connectivity index (χ3v) is 5.71. The summed E-state index contributed by atoms with van der Waals surface area (Å²) in [6, 6.07) is 0. The van der Waals surface area contributed by atoms with E-state index in [4.69, 9.17) is 9.47 Å². The van der Waals surface area contributed by atoms with E-state index in [9.17, 15) is 20.1 Å². The number of hydrogen-bond donors (Lipinski definition) is 3. The number of hydrogen-bond acceptors (Lipinski definition) is 7. The molecule has 4 saturated carbocycles. The van der Waals surface area contributed by atoms with Gasteiger partial charge in [-0.3, -0.25) is 9.69 Å². The Bertz CT molecular complexity index is 463. The summed E-state index contributed by atoms with van der Waals surface area (Å²) in [5.41, 5.74) is -4.37. The van der Waals surface area contributed by atoms with Crippen LogP contribution in [0.3, 0.4) is 0 Å². The summed E-state index contributed by atoms with van der Waals surface area (Å²) < 4.78 is 11.0. The van der Waals surface area contributed by atoms with Gasteiger partial charge in [-0.2, -0.15) is 0 Å². The van der Waals surface area contributed by atoms with Crippen LogP contribution in [0.4, 0.5) is 0 Å². The summed E-state index contributed by atoms with van der Waals surface area (Å²) in [7, 11) is 0. The molecule has 0 unspecified atom stereocenters.